The van der Waals surface area contributed by atoms with Gasteiger partial charge in [-0.3, -0.25) is 9.59 Å². The summed E-state index contributed by atoms with van der Waals surface area (Å²) in [5.74, 6) is 0.164. The van der Waals surface area contributed by atoms with Gasteiger partial charge in [-0.15, -0.1) is 0 Å². The molecule has 0 radical (unpaired) electrons. The van der Waals surface area contributed by atoms with Crippen LogP contribution in [0.1, 0.15) is 41.5 Å². The van der Waals surface area contributed by atoms with Crippen LogP contribution in [0.4, 0.5) is 0 Å². The highest BCUT2D eigenvalue weighted by molar-refractivity contribution is 9.10. The van der Waals surface area contributed by atoms with Gasteiger partial charge in [0.15, 0.2) is 0 Å². The Labute approximate surface area is 261 Å². The van der Waals surface area contributed by atoms with Crippen LogP contribution in [0.2, 0.25) is 0 Å². The van der Waals surface area contributed by atoms with Gasteiger partial charge in [0.1, 0.15) is 11.5 Å². The highest BCUT2D eigenvalue weighted by Crippen LogP contribution is 2.48. The normalized spacial score (nSPS) is 12.5. The summed E-state index contributed by atoms with van der Waals surface area (Å²) in [6, 6.07) is 24.3. The van der Waals surface area contributed by atoms with Crippen LogP contribution in [0.25, 0.3) is 53.9 Å². The molecule has 6 aromatic carbocycles. The molecule has 6 rings (SSSR count). The molecule has 4 nitrogen and oxygen atoms in total. The first-order valence-electron chi connectivity index (χ1n) is 13.8. The fraction of sp³-hybridized carbons (Fsp3) is 0.222. The standard InChI is InChI=1S/C36H30Br2O4/c1-35(2,3)33(39)41-27-15-16-28(42-34(40)36(4,5)6)32-24-14-10-20-8-12-22(38)18-26(20)30(24)29-23(31(27)32)13-9-19-7-11-21(37)17-25(19)29/h7-18H,1-6H3. The molecular formula is C36H30Br2O4. The van der Waals surface area contributed by atoms with Crippen LogP contribution in [-0.4, -0.2) is 11.9 Å². The van der Waals surface area contributed by atoms with Gasteiger partial charge in [-0.2, -0.15) is 0 Å². The van der Waals surface area contributed by atoms with Gasteiger partial charge in [-0.05, 0) is 121 Å². The summed E-state index contributed by atoms with van der Waals surface area (Å²) in [7, 11) is 0. The zero-order valence-electron chi connectivity index (χ0n) is 24.3. The lowest BCUT2D eigenvalue weighted by Crippen LogP contribution is -2.26. The van der Waals surface area contributed by atoms with Crippen molar-refractivity contribution in [2.45, 2.75) is 41.5 Å². The van der Waals surface area contributed by atoms with E-state index >= 15 is 0 Å². The Bertz CT molecular complexity index is 1960. The molecule has 6 heteroatoms. The average Bonchev–Trinajstić information content (AvgIpc) is 2.92. The molecule has 0 aliphatic heterocycles. The third-order valence-corrected chi connectivity index (χ3v) is 8.50. The summed E-state index contributed by atoms with van der Waals surface area (Å²) < 4.78 is 14.2. The molecule has 0 heterocycles. The highest BCUT2D eigenvalue weighted by Gasteiger charge is 2.29. The molecule has 6 aromatic rings. The summed E-state index contributed by atoms with van der Waals surface area (Å²) in [6.45, 7) is 11.0. The number of fused-ring (bicyclic) bond motifs is 10. The van der Waals surface area contributed by atoms with Crippen molar-refractivity contribution in [2.75, 3.05) is 0 Å². The van der Waals surface area contributed by atoms with Gasteiger partial charge >= 0.3 is 11.9 Å². The van der Waals surface area contributed by atoms with Gasteiger partial charge in [-0.1, -0.05) is 68.3 Å². The van der Waals surface area contributed by atoms with E-state index in [-0.39, 0.29) is 11.9 Å². The number of hydrogen-bond donors (Lipinski definition) is 0. The number of hydrogen-bond acceptors (Lipinski definition) is 4. The van der Waals surface area contributed by atoms with Gasteiger partial charge in [0.25, 0.3) is 0 Å². The van der Waals surface area contributed by atoms with Crippen LogP contribution in [0.5, 0.6) is 11.5 Å². The lowest BCUT2D eigenvalue weighted by Gasteiger charge is -2.22. The predicted octanol–water partition coefficient (Wildman–Crippen LogP) is 10.9. The summed E-state index contributed by atoms with van der Waals surface area (Å²) in [5.41, 5.74) is -1.42. The molecule has 0 saturated carbocycles. The van der Waals surface area contributed by atoms with Crippen molar-refractivity contribution in [3.8, 4) is 11.5 Å². The lowest BCUT2D eigenvalue weighted by atomic mass is 9.88. The molecule has 0 unspecified atom stereocenters. The Morgan fingerprint density at radius 2 is 0.857 bits per heavy atom. The van der Waals surface area contributed by atoms with E-state index in [1.54, 1.807) is 12.1 Å². The maximum atomic E-state index is 13.2. The minimum Gasteiger partial charge on any atom is -0.425 e. The molecule has 212 valence electrons. The van der Waals surface area contributed by atoms with Gasteiger partial charge in [0.05, 0.1) is 10.8 Å². The zero-order valence-corrected chi connectivity index (χ0v) is 27.5. The van der Waals surface area contributed by atoms with Crippen molar-refractivity contribution >= 4 is 97.7 Å². The van der Waals surface area contributed by atoms with Crippen molar-refractivity contribution < 1.29 is 19.1 Å². The Morgan fingerprint density at radius 3 is 1.21 bits per heavy atom. The van der Waals surface area contributed by atoms with Crippen molar-refractivity contribution in [2.24, 2.45) is 10.8 Å². The highest BCUT2D eigenvalue weighted by atomic mass is 79.9. The molecule has 0 spiro atoms. The molecule has 0 amide bonds. The quantitative estimate of drug-likeness (QED) is 0.103. The first-order chi connectivity index (χ1) is 19.7. The van der Waals surface area contributed by atoms with E-state index in [0.29, 0.717) is 11.5 Å². The number of carbonyl (C=O) groups excluding carboxylic acids is 2. The number of halogens is 2. The second-order valence-electron chi connectivity index (χ2n) is 12.8. The Hall–Kier alpha value is -3.48. The first-order valence-corrected chi connectivity index (χ1v) is 15.4. The van der Waals surface area contributed by atoms with Gasteiger partial charge in [0.2, 0.25) is 0 Å². The second kappa shape index (κ2) is 10.1. The van der Waals surface area contributed by atoms with Gasteiger partial charge < -0.3 is 9.47 Å². The van der Waals surface area contributed by atoms with Crippen LogP contribution < -0.4 is 9.47 Å². The number of esters is 2. The minimum atomic E-state index is -0.712. The topological polar surface area (TPSA) is 52.6 Å². The monoisotopic (exact) mass is 684 g/mol. The Kier molecular flexibility index (Phi) is 6.86. The molecular weight excluding hydrogens is 656 g/mol. The third kappa shape index (κ3) is 4.84. The molecule has 0 aliphatic rings. The van der Waals surface area contributed by atoms with E-state index in [4.69, 9.17) is 9.47 Å². The van der Waals surface area contributed by atoms with Crippen LogP contribution in [0.15, 0.2) is 81.7 Å². The van der Waals surface area contributed by atoms with Crippen LogP contribution in [0, 0.1) is 10.8 Å². The van der Waals surface area contributed by atoms with E-state index in [9.17, 15) is 9.59 Å². The number of carbonyl (C=O) groups is 2. The van der Waals surface area contributed by atoms with Crippen molar-refractivity contribution in [1.29, 1.82) is 0 Å². The fourth-order valence-corrected chi connectivity index (χ4v) is 6.04. The molecule has 0 fully saturated rings. The largest absolute Gasteiger partial charge is 0.425 e. The first kappa shape index (κ1) is 28.6. The number of benzene rings is 6. The van der Waals surface area contributed by atoms with Crippen molar-refractivity contribution in [3.63, 3.8) is 0 Å². The van der Waals surface area contributed by atoms with E-state index in [0.717, 1.165) is 62.8 Å². The molecule has 0 N–H and O–H groups in total. The fourth-order valence-electron chi connectivity index (χ4n) is 5.31. The van der Waals surface area contributed by atoms with E-state index in [1.807, 2.05) is 53.7 Å². The predicted molar refractivity (Wildman–Crippen MR) is 180 cm³/mol. The maximum absolute atomic E-state index is 13.2. The van der Waals surface area contributed by atoms with E-state index in [1.165, 1.54) is 0 Å². The van der Waals surface area contributed by atoms with Crippen LogP contribution in [0.3, 0.4) is 0 Å². The smallest absolute Gasteiger partial charge is 0.316 e. The summed E-state index contributed by atoms with van der Waals surface area (Å²) in [4.78, 5) is 26.4. The Morgan fingerprint density at radius 1 is 0.500 bits per heavy atom. The summed E-state index contributed by atoms with van der Waals surface area (Å²) in [5, 5.41) is 9.62. The third-order valence-electron chi connectivity index (χ3n) is 7.51. The van der Waals surface area contributed by atoms with Crippen LogP contribution in [-0.2, 0) is 9.59 Å². The molecule has 42 heavy (non-hydrogen) atoms. The number of rotatable bonds is 2. The average molecular weight is 686 g/mol. The summed E-state index contributed by atoms with van der Waals surface area (Å²) >= 11 is 7.37. The van der Waals surface area contributed by atoms with Crippen LogP contribution >= 0.6 is 31.9 Å². The molecule has 0 aliphatic carbocycles. The minimum absolute atomic E-state index is 0.345. The zero-order chi connectivity index (χ0) is 30.1. The molecule has 0 saturated heterocycles. The summed E-state index contributed by atoms with van der Waals surface area (Å²) in [6.07, 6.45) is 0. The lowest BCUT2D eigenvalue weighted by molar-refractivity contribution is -0.143. The van der Waals surface area contributed by atoms with E-state index in [2.05, 4.69) is 80.4 Å². The van der Waals surface area contributed by atoms with Crippen molar-refractivity contribution in [3.05, 3.63) is 81.7 Å². The molecule has 0 bridgehead atoms. The maximum Gasteiger partial charge on any atom is 0.316 e. The molecule has 0 aromatic heterocycles. The SMILES string of the molecule is CC(C)(C)C(=O)Oc1ccc(OC(=O)C(C)(C)C)c2c3ccc4ccc(Br)cc4c3c3c4cc(Br)ccc4ccc3c12. The Balaban J connectivity index is 1.89. The van der Waals surface area contributed by atoms with Crippen molar-refractivity contribution in [1.82, 2.24) is 0 Å². The second-order valence-corrected chi connectivity index (χ2v) is 14.6. The molecule has 0 atom stereocenters. The van der Waals surface area contributed by atoms with E-state index < -0.39 is 10.8 Å². The van der Waals surface area contributed by atoms with Gasteiger partial charge in [-0.25, -0.2) is 0 Å². The van der Waals surface area contributed by atoms with Gasteiger partial charge in [0, 0.05) is 19.7 Å². The number of ether oxygens (including phenoxy) is 2.